The number of ether oxygens (including phenoxy) is 3. The number of piperidine rings is 1. The number of imide groups is 1. The van der Waals surface area contributed by atoms with Crippen LogP contribution in [-0.2, 0) is 20.9 Å². The first-order valence-corrected chi connectivity index (χ1v) is 12.7. The van der Waals surface area contributed by atoms with Crippen LogP contribution in [0, 0.1) is 0 Å². The summed E-state index contributed by atoms with van der Waals surface area (Å²) in [4.78, 5) is 51.7. The van der Waals surface area contributed by atoms with E-state index in [1.54, 1.807) is 24.3 Å². The zero-order chi connectivity index (χ0) is 26.4. The molecule has 37 heavy (non-hydrogen) atoms. The summed E-state index contributed by atoms with van der Waals surface area (Å²) in [7, 11) is 2.71. The number of likely N-dealkylation sites (tertiary alicyclic amines) is 1. The lowest BCUT2D eigenvalue weighted by Gasteiger charge is -2.26. The topological polar surface area (TPSA) is 102 Å². The van der Waals surface area contributed by atoms with E-state index in [0.717, 1.165) is 48.2 Å². The van der Waals surface area contributed by atoms with Gasteiger partial charge in [0.1, 0.15) is 13.2 Å². The maximum atomic E-state index is 12.7. The van der Waals surface area contributed by atoms with E-state index in [4.69, 9.17) is 9.47 Å². The summed E-state index contributed by atoms with van der Waals surface area (Å²) in [6.07, 6.45) is 4.84. The first-order chi connectivity index (χ1) is 17.9. The average Bonchev–Trinajstić information content (AvgIpc) is 3.19. The molecular formula is C27H28N2O7S. The van der Waals surface area contributed by atoms with Gasteiger partial charge in [-0.15, -0.1) is 0 Å². The van der Waals surface area contributed by atoms with E-state index in [0.29, 0.717) is 22.6 Å². The number of rotatable bonds is 8. The van der Waals surface area contributed by atoms with Crippen LogP contribution in [-0.4, -0.2) is 66.7 Å². The third kappa shape index (κ3) is 6.32. The van der Waals surface area contributed by atoms with Gasteiger partial charge < -0.3 is 19.1 Å². The van der Waals surface area contributed by atoms with E-state index < -0.39 is 23.7 Å². The molecule has 0 radical (unpaired) electrons. The Morgan fingerprint density at radius 1 is 0.973 bits per heavy atom. The van der Waals surface area contributed by atoms with Crippen molar-refractivity contribution in [3.05, 3.63) is 64.1 Å². The molecule has 4 rings (SSSR count). The van der Waals surface area contributed by atoms with Crippen LogP contribution in [0.1, 0.15) is 40.7 Å². The molecular weight excluding hydrogens is 496 g/mol. The highest BCUT2D eigenvalue weighted by Gasteiger charge is 2.36. The van der Waals surface area contributed by atoms with Gasteiger partial charge in [-0.3, -0.25) is 24.1 Å². The Balaban J connectivity index is 1.39. The number of hydrogen-bond acceptors (Lipinski definition) is 8. The molecule has 2 aliphatic rings. The van der Waals surface area contributed by atoms with E-state index in [1.807, 2.05) is 29.2 Å². The summed E-state index contributed by atoms with van der Waals surface area (Å²) in [5, 5.41) is -0.530. The fraction of sp³-hybridized carbons (Fsp3) is 0.333. The summed E-state index contributed by atoms with van der Waals surface area (Å²) in [5.41, 5.74) is 2.21. The Labute approximate surface area is 219 Å². The van der Waals surface area contributed by atoms with Crippen molar-refractivity contribution in [2.45, 2.75) is 25.9 Å². The first kappa shape index (κ1) is 26.3. The van der Waals surface area contributed by atoms with Gasteiger partial charge in [0.05, 0.1) is 19.1 Å². The largest absolute Gasteiger partial charge is 0.493 e. The van der Waals surface area contributed by atoms with Crippen LogP contribution in [0.4, 0.5) is 4.79 Å². The predicted molar refractivity (Wildman–Crippen MR) is 138 cm³/mol. The Bertz CT molecular complexity index is 1220. The Kier molecular flexibility index (Phi) is 8.50. The van der Waals surface area contributed by atoms with Crippen LogP contribution in [0.15, 0.2) is 47.4 Å². The molecule has 2 fully saturated rings. The molecule has 0 unspecified atom stereocenters. The van der Waals surface area contributed by atoms with Crippen LogP contribution in [0.2, 0.25) is 0 Å². The molecule has 0 aromatic heterocycles. The number of carbonyl (C=O) groups is 4. The Morgan fingerprint density at radius 3 is 2.38 bits per heavy atom. The maximum Gasteiger partial charge on any atom is 0.325 e. The van der Waals surface area contributed by atoms with Crippen molar-refractivity contribution >= 4 is 40.9 Å². The fourth-order valence-corrected chi connectivity index (χ4v) is 4.90. The number of methoxy groups -OCH3 is 2. The monoisotopic (exact) mass is 524 g/mol. The SMILES string of the molecule is COC(=O)CN1C(=O)S/C(=C/c2ccc(OCc3ccc(C(=O)N4CCCCC4)cc3)c(OC)c2)C1=O. The van der Waals surface area contributed by atoms with Crippen molar-refractivity contribution in [2.75, 3.05) is 33.9 Å². The molecule has 0 aliphatic carbocycles. The second-order valence-electron chi connectivity index (χ2n) is 8.59. The van der Waals surface area contributed by atoms with E-state index >= 15 is 0 Å². The lowest BCUT2D eigenvalue weighted by Crippen LogP contribution is -2.35. The van der Waals surface area contributed by atoms with Crippen molar-refractivity contribution < 1.29 is 33.4 Å². The van der Waals surface area contributed by atoms with Gasteiger partial charge >= 0.3 is 5.97 Å². The lowest BCUT2D eigenvalue weighted by atomic mass is 10.1. The second kappa shape index (κ2) is 12.0. The summed E-state index contributed by atoms with van der Waals surface area (Å²) in [6.45, 7) is 1.47. The highest BCUT2D eigenvalue weighted by atomic mass is 32.2. The van der Waals surface area contributed by atoms with Crippen molar-refractivity contribution in [3.63, 3.8) is 0 Å². The minimum atomic E-state index is -0.671. The van der Waals surface area contributed by atoms with Crippen LogP contribution in [0.25, 0.3) is 6.08 Å². The van der Waals surface area contributed by atoms with Gasteiger partial charge in [0.15, 0.2) is 11.5 Å². The molecule has 0 atom stereocenters. The normalized spacial score (nSPS) is 16.8. The van der Waals surface area contributed by atoms with Gasteiger partial charge in [0, 0.05) is 18.7 Å². The molecule has 0 spiro atoms. The van der Waals surface area contributed by atoms with Crippen LogP contribution < -0.4 is 9.47 Å². The van der Waals surface area contributed by atoms with Crippen molar-refractivity contribution in [1.82, 2.24) is 9.80 Å². The molecule has 0 saturated carbocycles. The van der Waals surface area contributed by atoms with Crippen LogP contribution >= 0.6 is 11.8 Å². The summed E-state index contributed by atoms with van der Waals surface area (Å²) >= 11 is 0.758. The van der Waals surface area contributed by atoms with Gasteiger partial charge in [0.25, 0.3) is 17.1 Å². The number of esters is 1. The quantitative estimate of drug-likeness (QED) is 0.376. The summed E-state index contributed by atoms with van der Waals surface area (Å²) < 4.78 is 15.9. The molecule has 10 heteroatoms. The first-order valence-electron chi connectivity index (χ1n) is 11.9. The van der Waals surface area contributed by atoms with Crippen LogP contribution in [0.5, 0.6) is 11.5 Å². The molecule has 2 aromatic rings. The maximum absolute atomic E-state index is 12.7. The third-order valence-electron chi connectivity index (χ3n) is 6.11. The van der Waals surface area contributed by atoms with E-state index in [2.05, 4.69) is 4.74 Å². The molecule has 194 valence electrons. The van der Waals surface area contributed by atoms with E-state index in [9.17, 15) is 19.2 Å². The minimum absolute atomic E-state index is 0.0626. The molecule has 0 bridgehead atoms. The van der Waals surface area contributed by atoms with Gasteiger partial charge in [-0.1, -0.05) is 18.2 Å². The van der Waals surface area contributed by atoms with Crippen LogP contribution in [0.3, 0.4) is 0 Å². The smallest absolute Gasteiger partial charge is 0.325 e. The summed E-state index contributed by atoms with van der Waals surface area (Å²) in [6, 6.07) is 12.6. The van der Waals surface area contributed by atoms with Gasteiger partial charge in [-0.2, -0.15) is 0 Å². The molecule has 3 amide bonds. The molecule has 0 N–H and O–H groups in total. The zero-order valence-electron chi connectivity index (χ0n) is 20.7. The van der Waals surface area contributed by atoms with E-state index in [1.165, 1.54) is 20.6 Å². The highest BCUT2D eigenvalue weighted by molar-refractivity contribution is 8.18. The number of amides is 3. The Hall–Kier alpha value is -3.79. The number of nitrogens with zero attached hydrogens (tertiary/aromatic N) is 2. The molecule has 2 aliphatic heterocycles. The highest BCUT2D eigenvalue weighted by Crippen LogP contribution is 2.34. The van der Waals surface area contributed by atoms with Crippen molar-refractivity contribution in [1.29, 1.82) is 0 Å². The lowest BCUT2D eigenvalue weighted by molar-refractivity contribution is -0.143. The number of benzene rings is 2. The number of carbonyl (C=O) groups excluding carboxylic acids is 4. The van der Waals surface area contributed by atoms with Gasteiger partial charge in [0.2, 0.25) is 0 Å². The average molecular weight is 525 g/mol. The van der Waals surface area contributed by atoms with Gasteiger partial charge in [-0.25, -0.2) is 0 Å². The minimum Gasteiger partial charge on any atom is -0.493 e. The number of hydrogen-bond donors (Lipinski definition) is 0. The second-order valence-corrected chi connectivity index (χ2v) is 9.59. The van der Waals surface area contributed by atoms with Gasteiger partial charge in [-0.05, 0) is 72.5 Å². The Morgan fingerprint density at radius 2 is 1.70 bits per heavy atom. The third-order valence-corrected chi connectivity index (χ3v) is 7.02. The van der Waals surface area contributed by atoms with E-state index in [-0.39, 0.29) is 17.4 Å². The molecule has 2 aromatic carbocycles. The predicted octanol–water partition coefficient (Wildman–Crippen LogP) is 4.11. The fourth-order valence-electron chi connectivity index (χ4n) is 4.06. The molecule has 2 heterocycles. The van der Waals surface area contributed by atoms with Crippen molar-refractivity contribution in [3.8, 4) is 11.5 Å². The number of thioether (sulfide) groups is 1. The molecule has 2 saturated heterocycles. The molecule has 9 nitrogen and oxygen atoms in total. The zero-order valence-corrected chi connectivity index (χ0v) is 21.5. The summed E-state index contributed by atoms with van der Waals surface area (Å²) in [5.74, 6) is -0.198. The standard InChI is InChI=1S/C27H28N2O7S/c1-34-22-14-19(15-23-26(32)29(27(33)37-23)16-24(30)35-2)8-11-21(22)36-17-18-6-9-20(10-7-18)25(31)28-12-4-3-5-13-28/h6-11,14-15H,3-5,12-13,16-17H2,1-2H3/b23-15+. The van der Waals surface area contributed by atoms with Crippen molar-refractivity contribution in [2.24, 2.45) is 0 Å².